The minimum atomic E-state index is -0.255. The Morgan fingerprint density at radius 2 is 2.00 bits per heavy atom. The number of aryl methyl sites for hydroxylation is 2. The fourth-order valence-electron chi connectivity index (χ4n) is 3.20. The molecule has 3 aromatic rings. The first-order chi connectivity index (χ1) is 13.5. The van der Waals surface area contributed by atoms with E-state index in [-0.39, 0.29) is 17.2 Å². The molecule has 6 nitrogen and oxygen atoms in total. The summed E-state index contributed by atoms with van der Waals surface area (Å²) in [6.07, 6.45) is 2.54. The Labute approximate surface area is 168 Å². The number of nitrogens with one attached hydrogen (secondary N) is 1. The topological polar surface area (TPSA) is 72.7 Å². The van der Waals surface area contributed by atoms with E-state index in [9.17, 15) is 9.59 Å². The molecule has 0 spiro atoms. The highest BCUT2D eigenvalue weighted by molar-refractivity contribution is 7.99. The van der Waals surface area contributed by atoms with Gasteiger partial charge < -0.3 is 4.57 Å². The molecule has 0 atom stereocenters. The summed E-state index contributed by atoms with van der Waals surface area (Å²) < 4.78 is 3.65. The van der Waals surface area contributed by atoms with Crippen molar-refractivity contribution in [2.75, 3.05) is 5.75 Å². The van der Waals surface area contributed by atoms with Gasteiger partial charge in [-0.3, -0.25) is 9.36 Å². The number of ketones is 1. The molecule has 0 aliphatic heterocycles. The molecule has 0 amide bonds. The Morgan fingerprint density at radius 1 is 1.25 bits per heavy atom. The van der Waals surface area contributed by atoms with Crippen molar-refractivity contribution < 1.29 is 4.79 Å². The van der Waals surface area contributed by atoms with Crippen LogP contribution in [0.3, 0.4) is 0 Å². The van der Waals surface area contributed by atoms with E-state index >= 15 is 0 Å². The number of allylic oxidation sites excluding steroid dienone is 1. The number of nitrogens with zero attached hydrogens (tertiary/aromatic N) is 3. The van der Waals surface area contributed by atoms with Crippen LogP contribution in [-0.4, -0.2) is 30.9 Å². The molecule has 1 N–H and O–H groups in total. The first kappa shape index (κ1) is 19.9. The third kappa shape index (κ3) is 4.36. The normalized spacial score (nSPS) is 10.9. The Balaban J connectivity index is 1.68. The molecule has 0 bridgehead atoms. The molecule has 0 saturated carbocycles. The van der Waals surface area contributed by atoms with Crippen molar-refractivity contribution >= 4 is 17.5 Å². The number of H-pyrrole nitrogens is 1. The van der Waals surface area contributed by atoms with Gasteiger partial charge in [-0.15, -0.1) is 11.7 Å². The standard InChI is InChI=1S/C21H24N4O2S/c1-4-11-24-15(2)13-18(16(24)3)19(26)14-28-21-23-22-20(27)25(21)12-10-17-8-6-5-7-9-17/h4-9,13H,1,10-12,14H2,2-3H3,(H,22,27). The minimum absolute atomic E-state index is 0.0264. The summed E-state index contributed by atoms with van der Waals surface area (Å²) in [7, 11) is 0. The predicted octanol–water partition coefficient (Wildman–Crippen LogP) is 3.39. The molecule has 0 fully saturated rings. The van der Waals surface area contributed by atoms with Gasteiger partial charge in [0, 0.05) is 30.0 Å². The maximum atomic E-state index is 12.7. The third-order valence-corrected chi connectivity index (χ3v) is 5.68. The number of hydrogen-bond donors (Lipinski definition) is 1. The van der Waals surface area contributed by atoms with Crippen molar-refractivity contribution in [3.63, 3.8) is 0 Å². The highest BCUT2D eigenvalue weighted by Gasteiger charge is 2.17. The smallest absolute Gasteiger partial charge is 0.343 e. The number of Topliss-reactive ketones (excluding diaryl/α,β-unsaturated/α-hetero) is 1. The molecule has 3 rings (SSSR count). The van der Waals surface area contributed by atoms with Crippen molar-refractivity contribution in [2.24, 2.45) is 0 Å². The SMILES string of the molecule is C=CCn1c(C)cc(C(=O)CSc2n[nH]c(=O)n2CCc2ccccc2)c1C. The van der Waals surface area contributed by atoms with Gasteiger partial charge in [-0.05, 0) is 31.9 Å². The zero-order chi connectivity index (χ0) is 20.1. The van der Waals surface area contributed by atoms with Gasteiger partial charge in [-0.1, -0.05) is 48.2 Å². The number of rotatable bonds is 9. The number of carbonyl (C=O) groups is 1. The van der Waals surface area contributed by atoms with Gasteiger partial charge in [0.1, 0.15) is 0 Å². The van der Waals surface area contributed by atoms with Crippen molar-refractivity contribution in [3.8, 4) is 0 Å². The van der Waals surface area contributed by atoms with Crippen LogP contribution >= 0.6 is 11.8 Å². The van der Waals surface area contributed by atoms with Crippen LogP contribution in [0.25, 0.3) is 0 Å². The molecule has 0 saturated heterocycles. The molecule has 0 aliphatic carbocycles. The number of carbonyl (C=O) groups excluding carboxylic acids is 1. The fraction of sp³-hybridized carbons (Fsp3) is 0.286. The number of aromatic amines is 1. The lowest BCUT2D eigenvalue weighted by Gasteiger charge is -2.07. The van der Waals surface area contributed by atoms with Gasteiger partial charge in [0.15, 0.2) is 10.9 Å². The zero-order valence-electron chi connectivity index (χ0n) is 16.1. The summed E-state index contributed by atoms with van der Waals surface area (Å²) >= 11 is 1.28. The maximum absolute atomic E-state index is 12.7. The Kier molecular flexibility index (Phi) is 6.36. The Hall–Kier alpha value is -2.80. The quantitative estimate of drug-likeness (QED) is 0.342. The molecule has 0 aliphatic rings. The lowest BCUT2D eigenvalue weighted by atomic mass is 10.1. The second-order valence-corrected chi connectivity index (χ2v) is 7.54. The van der Waals surface area contributed by atoms with Crippen LogP contribution in [0, 0.1) is 13.8 Å². The molecule has 2 aromatic heterocycles. The average molecular weight is 397 g/mol. The van der Waals surface area contributed by atoms with Gasteiger partial charge in [0.25, 0.3) is 0 Å². The molecule has 0 radical (unpaired) electrons. The minimum Gasteiger partial charge on any atom is -0.345 e. The van der Waals surface area contributed by atoms with Crippen LogP contribution in [0.15, 0.2) is 59.0 Å². The molecule has 28 heavy (non-hydrogen) atoms. The van der Waals surface area contributed by atoms with Gasteiger partial charge in [-0.2, -0.15) is 0 Å². The average Bonchev–Trinajstić information content (AvgIpc) is 3.19. The highest BCUT2D eigenvalue weighted by atomic mass is 32.2. The number of thioether (sulfide) groups is 1. The number of aromatic nitrogens is 4. The van der Waals surface area contributed by atoms with E-state index in [4.69, 9.17) is 0 Å². The van der Waals surface area contributed by atoms with Crippen LogP contribution in [0.5, 0.6) is 0 Å². The van der Waals surface area contributed by atoms with Crippen molar-refractivity contribution in [2.45, 2.75) is 38.5 Å². The van der Waals surface area contributed by atoms with E-state index in [1.54, 1.807) is 4.57 Å². The van der Waals surface area contributed by atoms with E-state index in [0.717, 1.165) is 23.4 Å². The van der Waals surface area contributed by atoms with E-state index in [2.05, 4.69) is 21.3 Å². The van der Waals surface area contributed by atoms with Gasteiger partial charge in [0.05, 0.1) is 5.75 Å². The van der Waals surface area contributed by atoms with Crippen LogP contribution in [0.2, 0.25) is 0 Å². The summed E-state index contributed by atoms with van der Waals surface area (Å²) in [6.45, 7) is 8.89. The highest BCUT2D eigenvalue weighted by Crippen LogP contribution is 2.20. The molecule has 0 unspecified atom stereocenters. The van der Waals surface area contributed by atoms with Gasteiger partial charge in [0.2, 0.25) is 0 Å². The van der Waals surface area contributed by atoms with Crippen LogP contribution in [-0.2, 0) is 19.5 Å². The molecular formula is C21H24N4O2S. The van der Waals surface area contributed by atoms with E-state index in [1.807, 2.05) is 56.3 Å². The number of benzene rings is 1. The van der Waals surface area contributed by atoms with Crippen molar-refractivity contribution in [1.82, 2.24) is 19.3 Å². The predicted molar refractivity (Wildman–Crippen MR) is 112 cm³/mol. The fourth-order valence-corrected chi connectivity index (χ4v) is 4.05. The summed E-state index contributed by atoms with van der Waals surface area (Å²) in [6, 6.07) is 11.9. The summed E-state index contributed by atoms with van der Waals surface area (Å²) in [5, 5.41) is 7.11. The Bertz CT molecular complexity index is 1030. The van der Waals surface area contributed by atoms with Crippen LogP contribution in [0.4, 0.5) is 0 Å². The Morgan fingerprint density at radius 3 is 2.71 bits per heavy atom. The zero-order valence-corrected chi connectivity index (χ0v) is 17.0. The van der Waals surface area contributed by atoms with Crippen molar-refractivity contribution in [3.05, 3.63) is 82.1 Å². The lowest BCUT2D eigenvalue weighted by molar-refractivity contribution is 0.102. The third-order valence-electron chi connectivity index (χ3n) is 4.71. The van der Waals surface area contributed by atoms with E-state index < -0.39 is 0 Å². The first-order valence-corrected chi connectivity index (χ1v) is 10.1. The first-order valence-electron chi connectivity index (χ1n) is 9.14. The van der Waals surface area contributed by atoms with Gasteiger partial charge in [-0.25, -0.2) is 9.89 Å². The lowest BCUT2D eigenvalue weighted by Crippen LogP contribution is -2.19. The second-order valence-electron chi connectivity index (χ2n) is 6.59. The second kappa shape index (κ2) is 8.93. The monoisotopic (exact) mass is 396 g/mol. The largest absolute Gasteiger partial charge is 0.345 e. The molecule has 1 aromatic carbocycles. The van der Waals surface area contributed by atoms with E-state index in [0.29, 0.717) is 23.8 Å². The molecule has 2 heterocycles. The number of hydrogen-bond acceptors (Lipinski definition) is 4. The molecule has 146 valence electrons. The van der Waals surface area contributed by atoms with E-state index in [1.165, 1.54) is 11.8 Å². The summed E-state index contributed by atoms with van der Waals surface area (Å²) in [4.78, 5) is 24.8. The molecule has 7 heteroatoms. The van der Waals surface area contributed by atoms with Crippen molar-refractivity contribution in [1.29, 1.82) is 0 Å². The van der Waals surface area contributed by atoms with Crippen LogP contribution < -0.4 is 5.69 Å². The van der Waals surface area contributed by atoms with Gasteiger partial charge >= 0.3 is 5.69 Å². The summed E-state index contributed by atoms with van der Waals surface area (Å²) in [5.41, 5.74) is 3.57. The molecular weight excluding hydrogens is 372 g/mol. The summed E-state index contributed by atoms with van der Waals surface area (Å²) in [5.74, 6) is 0.257. The maximum Gasteiger partial charge on any atom is 0.343 e. The van der Waals surface area contributed by atoms with Crippen LogP contribution in [0.1, 0.15) is 27.3 Å².